The van der Waals surface area contributed by atoms with E-state index < -0.39 is 0 Å². The van der Waals surface area contributed by atoms with E-state index in [1.807, 2.05) is 49.4 Å². The Labute approximate surface area is 205 Å². The summed E-state index contributed by atoms with van der Waals surface area (Å²) < 4.78 is 10.9. The van der Waals surface area contributed by atoms with Gasteiger partial charge in [0, 0.05) is 22.9 Å². The second-order valence-electron chi connectivity index (χ2n) is 8.97. The Morgan fingerprint density at radius 2 is 1.77 bits per heavy atom. The van der Waals surface area contributed by atoms with Crippen molar-refractivity contribution in [3.8, 4) is 34.0 Å². The summed E-state index contributed by atoms with van der Waals surface area (Å²) in [6.45, 7) is 4.35. The maximum atomic E-state index is 12.0. The van der Waals surface area contributed by atoms with Crippen LogP contribution < -0.4 is 5.32 Å². The van der Waals surface area contributed by atoms with Crippen LogP contribution in [-0.2, 0) is 9.53 Å². The third-order valence-electron chi connectivity index (χ3n) is 6.57. The average molecular weight is 468 g/mol. The van der Waals surface area contributed by atoms with Crippen molar-refractivity contribution in [1.29, 1.82) is 0 Å². The van der Waals surface area contributed by atoms with Gasteiger partial charge in [-0.25, -0.2) is 0 Å². The molecule has 3 aromatic carbocycles. The highest BCUT2D eigenvalue weighted by molar-refractivity contribution is 5.80. The molecule has 5 rings (SSSR count). The van der Waals surface area contributed by atoms with E-state index in [1.165, 1.54) is 0 Å². The summed E-state index contributed by atoms with van der Waals surface area (Å²) >= 11 is 0. The van der Waals surface area contributed by atoms with Gasteiger partial charge in [-0.2, -0.15) is 4.98 Å². The fourth-order valence-electron chi connectivity index (χ4n) is 4.76. The van der Waals surface area contributed by atoms with Crippen LogP contribution in [-0.4, -0.2) is 28.8 Å². The molecule has 1 fully saturated rings. The Morgan fingerprint density at radius 1 is 1.00 bits per heavy atom. The van der Waals surface area contributed by atoms with Crippen molar-refractivity contribution >= 4 is 11.7 Å². The fourth-order valence-corrected chi connectivity index (χ4v) is 4.76. The van der Waals surface area contributed by atoms with Crippen molar-refractivity contribution in [3.63, 3.8) is 0 Å². The molecule has 35 heavy (non-hydrogen) atoms. The van der Waals surface area contributed by atoms with Crippen molar-refractivity contribution in [2.24, 2.45) is 5.92 Å². The minimum Gasteiger partial charge on any atom is -0.466 e. The Morgan fingerprint density at radius 3 is 2.54 bits per heavy atom. The number of nitrogens with zero attached hydrogens (tertiary/aromatic N) is 2. The van der Waals surface area contributed by atoms with Gasteiger partial charge >= 0.3 is 5.97 Å². The highest BCUT2D eigenvalue weighted by Crippen LogP contribution is 2.34. The molecule has 6 heteroatoms. The molecule has 0 saturated heterocycles. The van der Waals surface area contributed by atoms with Crippen LogP contribution in [0.25, 0.3) is 34.0 Å². The van der Waals surface area contributed by atoms with Crippen molar-refractivity contribution in [2.45, 2.75) is 39.2 Å². The van der Waals surface area contributed by atoms with Gasteiger partial charge in [-0.05, 0) is 74.1 Å². The van der Waals surface area contributed by atoms with Gasteiger partial charge in [-0.1, -0.05) is 53.7 Å². The van der Waals surface area contributed by atoms with Crippen LogP contribution in [0.5, 0.6) is 0 Å². The molecule has 0 amide bonds. The van der Waals surface area contributed by atoms with Gasteiger partial charge in [-0.3, -0.25) is 4.79 Å². The highest BCUT2D eigenvalue weighted by Gasteiger charge is 2.31. The molecule has 6 nitrogen and oxygen atoms in total. The first kappa shape index (κ1) is 22.8. The SMILES string of the molecule is CCOC(=O)[C@@H]1CC[C@H](Nc2ccc(-c3noc(-c4ccccc4-c4ccccc4)n3)cc2C)C1. The number of rotatable bonds is 7. The van der Waals surface area contributed by atoms with Crippen molar-refractivity contribution < 1.29 is 14.1 Å². The highest BCUT2D eigenvalue weighted by atomic mass is 16.5. The number of hydrogen-bond donors (Lipinski definition) is 1. The normalized spacial score (nSPS) is 17.3. The molecular weight excluding hydrogens is 438 g/mol. The van der Waals surface area contributed by atoms with E-state index in [0.29, 0.717) is 18.3 Å². The topological polar surface area (TPSA) is 77.2 Å². The zero-order valence-electron chi connectivity index (χ0n) is 20.0. The van der Waals surface area contributed by atoms with Crippen LogP contribution in [0, 0.1) is 12.8 Å². The summed E-state index contributed by atoms with van der Waals surface area (Å²) in [6.07, 6.45) is 2.62. The molecule has 1 aromatic heterocycles. The summed E-state index contributed by atoms with van der Waals surface area (Å²) in [5, 5.41) is 7.86. The fraction of sp³-hybridized carbons (Fsp3) is 0.276. The molecule has 0 radical (unpaired) electrons. The van der Waals surface area contributed by atoms with E-state index in [1.54, 1.807) is 0 Å². The van der Waals surface area contributed by atoms with Crippen LogP contribution in [0.3, 0.4) is 0 Å². The second-order valence-corrected chi connectivity index (χ2v) is 8.97. The van der Waals surface area contributed by atoms with Crippen LogP contribution >= 0.6 is 0 Å². The first-order valence-corrected chi connectivity index (χ1v) is 12.1. The molecule has 1 saturated carbocycles. The van der Waals surface area contributed by atoms with Gasteiger partial charge in [0.2, 0.25) is 5.82 Å². The predicted octanol–water partition coefficient (Wildman–Crippen LogP) is 6.52. The Balaban J connectivity index is 1.32. The quantitative estimate of drug-likeness (QED) is 0.312. The van der Waals surface area contributed by atoms with Crippen LogP contribution in [0.4, 0.5) is 5.69 Å². The average Bonchev–Trinajstić information content (AvgIpc) is 3.56. The zero-order chi connectivity index (χ0) is 24.2. The summed E-state index contributed by atoms with van der Waals surface area (Å²) in [4.78, 5) is 16.8. The molecule has 0 unspecified atom stereocenters. The summed E-state index contributed by atoms with van der Waals surface area (Å²) in [5.74, 6) is 0.963. The Kier molecular flexibility index (Phi) is 6.62. The lowest BCUT2D eigenvalue weighted by atomic mass is 10.00. The van der Waals surface area contributed by atoms with E-state index in [2.05, 4.69) is 47.7 Å². The second kappa shape index (κ2) is 10.1. The van der Waals surface area contributed by atoms with E-state index in [4.69, 9.17) is 14.2 Å². The van der Waals surface area contributed by atoms with Gasteiger partial charge in [0.15, 0.2) is 0 Å². The Bertz CT molecular complexity index is 1320. The minimum atomic E-state index is -0.0781. The molecule has 1 aliphatic carbocycles. The number of carbonyl (C=O) groups is 1. The standard InChI is InChI=1S/C29H29N3O3/c1-3-34-29(33)22-13-15-23(18-22)30-26-16-14-21(17-19(26)2)27-31-28(35-32-27)25-12-8-7-11-24(25)20-9-5-4-6-10-20/h4-12,14,16-17,22-23,30H,3,13,15,18H2,1-2H3/t22-,23+/m1/s1. The molecule has 0 bridgehead atoms. The maximum absolute atomic E-state index is 12.0. The van der Waals surface area contributed by atoms with E-state index in [9.17, 15) is 4.79 Å². The number of anilines is 1. The molecule has 1 N–H and O–H groups in total. The number of carbonyl (C=O) groups excluding carboxylic acids is 1. The number of esters is 1. The minimum absolute atomic E-state index is 0.0106. The molecule has 4 aromatic rings. The molecule has 1 aliphatic rings. The van der Waals surface area contributed by atoms with Gasteiger partial charge < -0.3 is 14.6 Å². The van der Waals surface area contributed by atoms with Gasteiger partial charge in [-0.15, -0.1) is 0 Å². The Hall–Kier alpha value is -3.93. The number of ether oxygens (including phenoxy) is 1. The van der Waals surface area contributed by atoms with E-state index >= 15 is 0 Å². The first-order valence-electron chi connectivity index (χ1n) is 12.1. The molecule has 0 spiro atoms. The van der Waals surface area contributed by atoms with E-state index in [0.717, 1.165) is 52.8 Å². The third kappa shape index (κ3) is 4.97. The lowest BCUT2D eigenvalue weighted by Crippen LogP contribution is -2.20. The zero-order valence-corrected chi connectivity index (χ0v) is 20.0. The molecule has 1 heterocycles. The molecular formula is C29H29N3O3. The van der Waals surface area contributed by atoms with Gasteiger partial charge in [0.05, 0.1) is 12.5 Å². The lowest BCUT2D eigenvalue weighted by Gasteiger charge is -2.17. The molecule has 0 aliphatic heterocycles. The number of benzene rings is 3. The van der Waals surface area contributed by atoms with Gasteiger partial charge in [0.25, 0.3) is 5.89 Å². The number of hydrogen-bond acceptors (Lipinski definition) is 6. The largest absolute Gasteiger partial charge is 0.466 e. The first-order chi connectivity index (χ1) is 17.1. The van der Waals surface area contributed by atoms with Crippen LogP contribution in [0.1, 0.15) is 31.7 Å². The molecule has 2 atom stereocenters. The van der Waals surface area contributed by atoms with Crippen LogP contribution in [0.15, 0.2) is 77.3 Å². The number of aromatic nitrogens is 2. The lowest BCUT2D eigenvalue weighted by molar-refractivity contribution is -0.147. The summed E-state index contributed by atoms with van der Waals surface area (Å²) in [7, 11) is 0. The smallest absolute Gasteiger partial charge is 0.308 e. The summed E-state index contributed by atoms with van der Waals surface area (Å²) in [6, 6.07) is 24.6. The monoisotopic (exact) mass is 467 g/mol. The third-order valence-corrected chi connectivity index (χ3v) is 6.57. The molecule has 178 valence electrons. The number of aryl methyl sites for hydroxylation is 1. The maximum Gasteiger partial charge on any atom is 0.308 e. The van der Waals surface area contributed by atoms with E-state index in [-0.39, 0.29) is 17.9 Å². The number of nitrogens with one attached hydrogen (secondary N) is 1. The predicted molar refractivity (Wildman–Crippen MR) is 137 cm³/mol. The van der Waals surface area contributed by atoms with Crippen molar-refractivity contribution in [1.82, 2.24) is 10.1 Å². The van der Waals surface area contributed by atoms with Crippen molar-refractivity contribution in [2.75, 3.05) is 11.9 Å². The van der Waals surface area contributed by atoms with Crippen LogP contribution in [0.2, 0.25) is 0 Å². The summed E-state index contributed by atoms with van der Waals surface area (Å²) in [5.41, 5.74) is 6.11. The van der Waals surface area contributed by atoms with Crippen molar-refractivity contribution in [3.05, 3.63) is 78.4 Å². The van der Waals surface area contributed by atoms with Gasteiger partial charge in [0.1, 0.15) is 0 Å².